The first kappa shape index (κ1) is 60.1. The van der Waals surface area contributed by atoms with Crippen molar-refractivity contribution in [3.05, 3.63) is 0 Å². The molecule has 0 atom stereocenters. The second-order valence-electron chi connectivity index (χ2n) is 10.1. The molecule has 0 radical (unpaired) electrons. The number of carboxylic acid groups (broad SMARTS) is 4. The zero-order chi connectivity index (χ0) is 31.3. The Kier molecular flexibility index (Phi) is 78.5. The number of carboxylic acids is 4. The topological polar surface area (TPSA) is 161 Å². The van der Waals surface area contributed by atoms with Crippen LogP contribution in [0.1, 0.15) is 182 Å². The van der Waals surface area contributed by atoms with Gasteiger partial charge in [0.1, 0.15) is 0 Å². The van der Waals surface area contributed by atoms with Gasteiger partial charge in [0.05, 0.1) is 0 Å². The second kappa shape index (κ2) is 56.1. The Labute approximate surface area is 358 Å². The molecule has 43 heavy (non-hydrogen) atoms. The molecule has 0 bridgehead atoms. The molecule has 240 valence electrons. The van der Waals surface area contributed by atoms with E-state index in [0.29, 0.717) is 0 Å². The van der Waals surface area contributed by atoms with Crippen LogP contribution in [0.15, 0.2) is 0 Å². The van der Waals surface area contributed by atoms with Gasteiger partial charge in [0.25, 0.3) is 0 Å². The van der Waals surface area contributed by atoms with E-state index >= 15 is 0 Å². The molecule has 0 aliphatic carbocycles. The van der Waals surface area contributed by atoms with Gasteiger partial charge in [-0.1, -0.05) is 130 Å². The molecule has 0 saturated heterocycles. The molecule has 8 nitrogen and oxygen atoms in total. The summed E-state index contributed by atoms with van der Waals surface area (Å²) in [5.74, 6) is -3.68. The minimum absolute atomic E-state index is 0. The summed E-state index contributed by atoms with van der Waals surface area (Å²) in [6, 6.07) is 0. The van der Waals surface area contributed by atoms with Crippen molar-refractivity contribution in [1.82, 2.24) is 0 Å². The molecule has 0 aromatic rings. The summed E-state index contributed by atoms with van der Waals surface area (Å²) in [6.45, 7) is 8.55. The van der Waals surface area contributed by atoms with E-state index in [-0.39, 0.29) is 144 Å². The van der Waals surface area contributed by atoms with Crippen LogP contribution in [0.2, 0.25) is 0 Å². The van der Waals surface area contributed by atoms with Gasteiger partial charge in [-0.25, -0.2) is 0 Å². The van der Waals surface area contributed by atoms with Gasteiger partial charge < -0.3 is 39.6 Å². The van der Waals surface area contributed by atoms with Gasteiger partial charge in [0.15, 0.2) is 0 Å². The molecule has 0 saturated carbocycles. The molecule has 0 aliphatic heterocycles. The van der Waals surface area contributed by atoms with E-state index < -0.39 is 23.9 Å². The maximum atomic E-state index is 9.92. The second-order valence-corrected chi connectivity index (χ2v) is 10.1. The van der Waals surface area contributed by atoms with Crippen LogP contribution in [-0.4, -0.2) is 61.6 Å². The van der Waals surface area contributed by atoms with Crippen LogP contribution in [0.5, 0.6) is 0 Å². The smallest absolute Gasteiger partial charge is 0.550 e. The number of hydrogen-bond donors (Lipinski definition) is 0. The number of carbonyl (C=O) groups is 4. The van der Waals surface area contributed by atoms with Crippen LogP contribution in [-0.2, 0) is 19.2 Å². The zero-order valence-electron chi connectivity index (χ0n) is 28.9. The zero-order valence-corrected chi connectivity index (χ0v) is 36.3. The van der Waals surface area contributed by atoms with Gasteiger partial charge in [-0.15, -0.1) is 0 Å². The standard InChI is InChI=1S/4C8H16O2.Ca.K.Na/c4*1-2-3-4-5-6-7-8(9)10;;;/h4*2-7H2,1H3,(H,9,10);;;/q;;;;+2;2*+1/p-4. The summed E-state index contributed by atoms with van der Waals surface area (Å²) in [6.07, 6.45) is 22.4. The van der Waals surface area contributed by atoms with Crippen LogP contribution < -0.4 is 101 Å². The molecular weight excluding hydrogens is 615 g/mol. The Hall–Kier alpha value is 1.78. The van der Waals surface area contributed by atoms with Crippen molar-refractivity contribution in [1.29, 1.82) is 0 Å². The summed E-state index contributed by atoms with van der Waals surface area (Å²) in [5, 5.41) is 39.7. The summed E-state index contributed by atoms with van der Waals surface area (Å²) >= 11 is 0. The average molecular weight is 675 g/mol. The van der Waals surface area contributed by atoms with Crippen molar-refractivity contribution >= 4 is 61.6 Å². The van der Waals surface area contributed by atoms with E-state index in [4.69, 9.17) is 0 Å². The predicted octanol–water partition coefficient (Wildman–Crippen LogP) is -1.99. The SMILES string of the molecule is CCCCCCCC(=O)[O-].CCCCCCCC(=O)[O-].CCCCCCCC(=O)[O-].CCCCCCCC(=O)[O-].[Ca+2].[K+].[Na+]. The summed E-state index contributed by atoms with van der Waals surface area (Å²) < 4.78 is 0. The van der Waals surface area contributed by atoms with E-state index in [0.717, 1.165) is 77.0 Å². The van der Waals surface area contributed by atoms with E-state index in [1.165, 1.54) is 51.4 Å². The maximum Gasteiger partial charge on any atom is 2.00 e. The molecule has 0 aromatic heterocycles. The van der Waals surface area contributed by atoms with Crippen molar-refractivity contribution in [2.45, 2.75) is 182 Å². The summed E-state index contributed by atoms with van der Waals surface area (Å²) in [4.78, 5) is 39.7. The summed E-state index contributed by atoms with van der Waals surface area (Å²) in [5.41, 5.74) is 0. The van der Waals surface area contributed by atoms with Crippen LogP contribution >= 0.6 is 0 Å². The summed E-state index contributed by atoms with van der Waals surface area (Å²) in [7, 11) is 0. The quantitative estimate of drug-likeness (QED) is 0.0841. The maximum absolute atomic E-state index is 9.92. The van der Waals surface area contributed by atoms with Gasteiger partial charge in [-0.2, -0.15) is 0 Å². The third kappa shape index (κ3) is 86.2. The van der Waals surface area contributed by atoms with Gasteiger partial charge in [0, 0.05) is 23.9 Å². The fourth-order valence-electron chi connectivity index (χ4n) is 3.49. The average Bonchev–Trinajstić information content (AvgIpc) is 2.89. The van der Waals surface area contributed by atoms with Gasteiger partial charge in [0.2, 0.25) is 0 Å². The van der Waals surface area contributed by atoms with E-state index in [1.54, 1.807) is 0 Å². The number of rotatable bonds is 24. The van der Waals surface area contributed by atoms with Crippen molar-refractivity contribution in [3.8, 4) is 0 Å². The van der Waals surface area contributed by atoms with Crippen LogP contribution in [0.25, 0.3) is 0 Å². The largest absolute Gasteiger partial charge is 2.00 e. The molecule has 0 rings (SSSR count). The number of unbranched alkanes of at least 4 members (excludes halogenated alkanes) is 16. The molecule has 0 aliphatic rings. The molecular formula is C32H60CaKNaO8. The third-order valence-corrected chi connectivity index (χ3v) is 5.94. The normalized spacial score (nSPS) is 9.02. The molecule has 0 amide bonds. The Bertz CT molecular complexity index is 473. The van der Waals surface area contributed by atoms with Crippen LogP contribution in [0, 0.1) is 0 Å². The molecule has 0 unspecified atom stereocenters. The Morgan fingerprint density at radius 2 is 0.488 bits per heavy atom. The minimum atomic E-state index is -0.920. The van der Waals surface area contributed by atoms with Crippen molar-refractivity contribution in [2.24, 2.45) is 0 Å². The van der Waals surface area contributed by atoms with Crippen molar-refractivity contribution in [2.75, 3.05) is 0 Å². The Morgan fingerprint density at radius 1 is 0.349 bits per heavy atom. The monoisotopic (exact) mass is 674 g/mol. The van der Waals surface area contributed by atoms with Gasteiger partial charge in [-0.05, 0) is 51.4 Å². The van der Waals surface area contributed by atoms with Crippen molar-refractivity contribution in [3.63, 3.8) is 0 Å². The number of carbonyl (C=O) groups excluding carboxylic acids is 4. The van der Waals surface area contributed by atoms with Crippen molar-refractivity contribution < 1.29 is 121 Å². The van der Waals surface area contributed by atoms with Crippen LogP contribution in [0.3, 0.4) is 0 Å². The first-order valence-corrected chi connectivity index (χ1v) is 15.9. The molecule has 11 heteroatoms. The Balaban J connectivity index is -0.0000000785. The molecule has 0 spiro atoms. The minimum Gasteiger partial charge on any atom is -0.550 e. The Morgan fingerprint density at radius 3 is 0.605 bits per heavy atom. The molecule has 0 N–H and O–H groups in total. The third-order valence-electron chi connectivity index (χ3n) is 5.94. The number of hydrogen-bond acceptors (Lipinski definition) is 8. The van der Waals surface area contributed by atoms with Gasteiger partial charge >= 0.3 is 119 Å². The fourth-order valence-corrected chi connectivity index (χ4v) is 3.49. The van der Waals surface area contributed by atoms with E-state index in [9.17, 15) is 39.6 Å². The molecule has 0 heterocycles. The fraction of sp³-hybridized carbons (Fsp3) is 0.875. The number of aliphatic carboxylic acids is 4. The first-order valence-electron chi connectivity index (χ1n) is 15.9. The van der Waals surface area contributed by atoms with Crippen LogP contribution in [0.4, 0.5) is 0 Å². The molecule has 0 fully saturated rings. The van der Waals surface area contributed by atoms with E-state index in [1.807, 2.05) is 0 Å². The van der Waals surface area contributed by atoms with Gasteiger partial charge in [-0.3, -0.25) is 0 Å². The van der Waals surface area contributed by atoms with E-state index in [2.05, 4.69) is 27.7 Å². The molecule has 0 aromatic carbocycles. The first-order chi connectivity index (χ1) is 19.1. The predicted molar refractivity (Wildman–Crippen MR) is 159 cm³/mol.